The van der Waals surface area contributed by atoms with Gasteiger partial charge in [-0.1, -0.05) is 44.0 Å². The fourth-order valence-electron chi connectivity index (χ4n) is 4.59. The van der Waals surface area contributed by atoms with E-state index in [4.69, 9.17) is 16.7 Å². The second kappa shape index (κ2) is 7.32. The molecule has 1 saturated heterocycles. The number of carbonyl (C=O) groups is 2. The van der Waals surface area contributed by atoms with Crippen molar-refractivity contribution in [3.05, 3.63) is 34.9 Å². The molecule has 1 aliphatic heterocycles. The van der Waals surface area contributed by atoms with Crippen LogP contribution < -0.4 is 5.32 Å². The molecule has 3 N–H and O–H groups in total. The second-order valence-electron chi connectivity index (χ2n) is 8.35. The molecule has 0 aromatic heterocycles. The first kappa shape index (κ1) is 20.0. The van der Waals surface area contributed by atoms with E-state index in [0.717, 1.165) is 12.0 Å². The van der Waals surface area contributed by atoms with Crippen molar-refractivity contribution in [3.63, 3.8) is 0 Å². The highest BCUT2D eigenvalue weighted by Gasteiger charge is 2.50. The molecule has 3 unspecified atom stereocenters. The van der Waals surface area contributed by atoms with Gasteiger partial charge in [-0.15, -0.1) is 0 Å². The molecule has 148 valence electrons. The molecule has 1 saturated carbocycles. The van der Waals surface area contributed by atoms with Gasteiger partial charge in [0.2, 0.25) is 5.91 Å². The number of halogens is 1. The van der Waals surface area contributed by atoms with E-state index in [1.54, 1.807) is 17.0 Å². The van der Waals surface area contributed by atoms with Gasteiger partial charge in [0.1, 0.15) is 0 Å². The minimum atomic E-state index is -1.09. The molecule has 3 atom stereocenters. The summed E-state index contributed by atoms with van der Waals surface area (Å²) in [5, 5.41) is 23.5. The molecule has 0 radical (unpaired) electrons. The summed E-state index contributed by atoms with van der Waals surface area (Å²) < 4.78 is 0. The minimum absolute atomic E-state index is 0.0162. The molecule has 7 heteroatoms. The molecule has 2 fully saturated rings. The van der Waals surface area contributed by atoms with Gasteiger partial charge in [0.15, 0.2) is 0 Å². The Hall–Kier alpha value is -1.79. The van der Waals surface area contributed by atoms with Crippen LogP contribution in [0.4, 0.5) is 4.79 Å². The Kier molecular flexibility index (Phi) is 5.41. The maximum Gasteiger partial charge on any atom is 0.404 e. The lowest BCUT2D eigenvalue weighted by molar-refractivity contribution is -0.156. The van der Waals surface area contributed by atoms with Gasteiger partial charge >= 0.3 is 6.09 Å². The Morgan fingerprint density at radius 2 is 1.89 bits per heavy atom. The number of nitrogens with zero attached hydrogens (tertiary/aromatic N) is 1. The van der Waals surface area contributed by atoms with E-state index < -0.39 is 17.1 Å². The smallest absolute Gasteiger partial charge is 0.404 e. The Balaban J connectivity index is 1.75. The topological polar surface area (TPSA) is 89.9 Å². The van der Waals surface area contributed by atoms with Crippen molar-refractivity contribution in [2.45, 2.75) is 51.2 Å². The second-order valence-corrected chi connectivity index (χ2v) is 8.79. The van der Waals surface area contributed by atoms with Gasteiger partial charge < -0.3 is 20.4 Å². The number of hydrogen-bond donors (Lipinski definition) is 3. The summed E-state index contributed by atoms with van der Waals surface area (Å²) in [5.41, 5.74) is -0.804. The third-order valence-electron chi connectivity index (χ3n) is 6.22. The van der Waals surface area contributed by atoms with Gasteiger partial charge in [-0.2, -0.15) is 0 Å². The Morgan fingerprint density at radius 3 is 2.48 bits per heavy atom. The van der Waals surface area contributed by atoms with E-state index in [0.29, 0.717) is 37.4 Å². The average Bonchev–Trinajstić information content (AvgIpc) is 3.04. The molecule has 3 rings (SSSR count). The van der Waals surface area contributed by atoms with Crippen LogP contribution >= 0.6 is 11.6 Å². The Morgan fingerprint density at radius 1 is 1.22 bits per heavy atom. The number of hydrogen-bond acceptors (Lipinski definition) is 3. The van der Waals surface area contributed by atoms with Gasteiger partial charge in [-0.05, 0) is 37.0 Å². The SMILES string of the molecule is CC1(C)CN(C(=O)C2CCCC2NC(=O)O)CCC1(O)c1ccc(Cl)cc1. The van der Waals surface area contributed by atoms with Crippen molar-refractivity contribution in [1.29, 1.82) is 0 Å². The van der Waals surface area contributed by atoms with E-state index in [9.17, 15) is 14.7 Å². The van der Waals surface area contributed by atoms with Gasteiger partial charge in [0.25, 0.3) is 0 Å². The van der Waals surface area contributed by atoms with Crippen LogP contribution in [0.15, 0.2) is 24.3 Å². The third-order valence-corrected chi connectivity index (χ3v) is 6.48. The third kappa shape index (κ3) is 3.78. The molecule has 0 spiro atoms. The van der Waals surface area contributed by atoms with Crippen molar-refractivity contribution in [1.82, 2.24) is 10.2 Å². The lowest BCUT2D eigenvalue weighted by Gasteiger charge is -2.51. The molecule has 2 aliphatic rings. The van der Waals surface area contributed by atoms with Gasteiger partial charge in [0.05, 0.1) is 11.5 Å². The number of likely N-dealkylation sites (tertiary alicyclic amines) is 1. The number of nitrogens with one attached hydrogen (secondary N) is 1. The lowest BCUT2D eigenvalue weighted by atomic mass is 9.66. The van der Waals surface area contributed by atoms with Crippen LogP contribution in [-0.4, -0.2) is 46.2 Å². The number of amides is 2. The molecule has 1 aliphatic carbocycles. The maximum atomic E-state index is 13.1. The molecule has 6 nitrogen and oxygen atoms in total. The molecular formula is C20H27ClN2O4. The van der Waals surface area contributed by atoms with Crippen molar-refractivity contribution >= 4 is 23.6 Å². The van der Waals surface area contributed by atoms with E-state index >= 15 is 0 Å². The van der Waals surface area contributed by atoms with Crippen molar-refractivity contribution in [2.24, 2.45) is 11.3 Å². The molecular weight excluding hydrogens is 368 g/mol. The number of carboxylic acid groups (broad SMARTS) is 1. The van der Waals surface area contributed by atoms with Crippen molar-refractivity contribution < 1.29 is 19.8 Å². The van der Waals surface area contributed by atoms with E-state index in [1.165, 1.54) is 0 Å². The van der Waals surface area contributed by atoms with Crippen LogP contribution in [-0.2, 0) is 10.4 Å². The zero-order chi connectivity index (χ0) is 19.8. The molecule has 27 heavy (non-hydrogen) atoms. The zero-order valence-corrected chi connectivity index (χ0v) is 16.5. The van der Waals surface area contributed by atoms with Crippen molar-refractivity contribution in [3.8, 4) is 0 Å². The van der Waals surface area contributed by atoms with Gasteiger partial charge in [-0.25, -0.2) is 4.79 Å². The largest absolute Gasteiger partial charge is 0.465 e. The van der Waals surface area contributed by atoms with Crippen LogP contribution in [0.2, 0.25) is 5.02 Å². The van der Waals surface area contributed by atoms with Gasteiger partial charge in [-0.3, -0.25) is 4.79 Å². The van der Waals surface area contributed by atoms with Gasteiger partial charge in [0, 0.05) is 29.6 Å². The molecule has 1 aromatic carbocycles. The average molecular weight is 395 g/mol. The zero-order valence-electron chi connectivity index (χ0n) is 15.7. The summed E-state index contributed by atoms with van der Waals surface area (Å²) >= 11 is 5.97. The van der Waals surface area contributed by atoms with Crippen LogP contribution in [0.1, 0.15) is 45.1 Å². The summed E-state index contributed by atoms with van der Waals surface area (Å²) in [6.45, 7) is 4.78. The number of benzene rings is 1. The van der Waals surface area contributed by atoms with Crippen LogP contribution in [0.5, 0.6) is 0 Å². The number of piperidine rings is 1. The highest BCUT2D eigenvalue weighted by molar-refractivity contribution is 6.30. The summed E-state index contributed by atoms with van der Waals surface area (Å²) in [6, 6.07) is 6.89. The summed E-state index contributed by atoms with van der Waals surface area (Å²) in [6.07, 6.45) is 1.57. The predicted octanol–water partition coefficient (Wildman–Crippen LogP) is 3.22. The molecule has 1 aromatic rings. The van der Waals surface area contributed by atoms with E-state index in [2.05, 4.69) is 5.32 Å². The number of carbonyl (C=O) groups excluding carboxylic acids is 1. The fraction of sp³-hybridized carbons (Fsp3) is 0.600. The molecule has 1 heterocycles. The highest BCUT2D eigenvalue weighted by Crippen LogP contribution is 2.46. The number of rotatable bonds is 3. The normalized spacial score (nSPS) is 30.1. The fourth-order valence-corrected chi connectivity index (χ4v) is 4.72. The van der Waals surface area contributed by atoms with E-state index in [-0.39, 0.29) is 17.9 Å². The summed E-state index contributed by atoms with van der Waals surface area (Å²) in [5.74, 6) is -0.337. The van der Waals surface area contributed by atoms with Crippen LogP contribution in [0.3, 0.4) is 0 Å². The monoisotopic (exact) mass is 394 g/mol. The first-order chi connectivity index (χ1) is 12.6. The minimum Gasteiger partial charge on any atom is -0.465 e. The lowest BCUT2D eigenvalue weighted by Crippen LogP contribution is -2.58. The number of aliphatic hydroxyl groups is 1. The molecule has 2 amide bonds. The summed E-state index contributed by atoms with van der Waals surface area (Å²) in [4.78, 5) is 25.8. The maximum absolute atomic E-state index is 13.1. The Labute approximate surface area is 164 Å². The summed E-state index contributed by atoms with van der Waals surface area (Å²) in [7, 11) is 0. The first-order valence-corrected chi connectivity index (χ1v) is 9.78. The Bertz CT molecular complexity index is 721. The predicted molar refractivity (Wildman–Crippen MR) is 103 cm³/mol. The first-order valence-electron chi connectivity index (χ1n) is 9.41. The van der Waals surface area contributed by atoms with Crippen molar-refractivity contribution in [2.75, 3.05) is 13.1 Å². The molecule has 0 bridgehead atoms. The van der Waals surface area contributed by atoms with Crippen LogP contribution in [0.25, 0.3) is 0 Å². The quantitative estimate of drug-likeness (QED) is 0.734. The van der Waals surface area contributed by atoms with Crippen LogP contribution in [0, 0.1) is 11.3 Å². The van der Waals surface area contributed by atoms with E-state index in [1.807, 2.05) is 26.0 Å². The highest BCUT2D eigenvalue weighted by atomic mass is 35.5. The standard InChI is InChI=1S/C20H27ClN2O4/c1-19(2)12-23(17(24)15-4-3-5-16(15)22-18(25)26)11-10-20(19,27)13-6-8-14(21)9-7-13/h6-9,15-16,22,27H,3-5,10-12H2,1-2H3,(H,25,26).